The van der Waals surface area contributed by atoms with Crippen LogP contribution in [0.15, 0.2) is 48.5 Å². The lowest BCUT2D eigenvalue weighted by molar-refractivity contribution is -0.124. The lowest BCUT2D eigenvalue weighted by Gasteiger charge is -2.22. The summed E-state index contributed by atoms with van der Waals surface area (Å²) in [5.41, 5.74) is 4.42. The fraction of sp³-hybridized carbons (Fsp3) is 0.731. The zero-order chi connectivity index (χ0) is 41.7. The molecular weight excluding hydrogens is 717 g/mol. The number of hydrogen-bond donors (Lipinski definition) is 0. The molecule has 0 N–H and O–H groups in total. The van der Waals surface area contributed by atoms with Crippen LogP contribution in [0.2, 0.25) is 0 Å². The maximum absolute atomic E-state index is 12.6. The third-order valence-electron chi connectivity index (χ3n) is 11.5. The van der Waals surface area contributed by atoms with Crippen LogP contribution in [0.4, 0.5) is 0 Å². The summed E-state index contributed by atoms with van der Waals surface area (Å²) in [5.74, 6) is 0.397. The van der Waals surface area contributed by atoms with Crippen molar-refractivity contribution in [1.29, 1.82) is 0 Å². The van der Waals surface area contributed by atoms with Crippen LogP contribution in [-0.2, 0) is 32.3 Å². The van der Waals surface area contributed by atoms with Gasteiger partial charge in [-0.1, -0.05) is 179 Å². The Balaban J connectivity index is 1.65. The Morgan fingerprint density at radius 2 is 0.655 bits per heavy atom. The second kappa shape index (κ2) is 36.5. The number of carbonyl (C=O) groups is 2. The maximum atomic E-state index is 12.6. The predicted octanol–water partition coefficient (Wildman–Crippen LogP) is 13.6. The Labute approximate surface area is 357 Å². The van der Waals surface area contributed by atoms with Gasteiger partial charge in [0.15, 0.2) is 11.6 Å². The monoisotopic (exact) mass is 805 g/mol. The normalized spacial score (nSPS) is 11.6. The van der Waals surface area contributed by atoms with Crippen LogP contribution in [0.3, 0.4) is 0 Å². The summed E-state index contributed by atoms with van der Waals surface area (Å²) in [7, 11) is 0. The van der Waals surface area contributed by atoms with Gasteiger partial charge in [0.1, 0.15) is 13.2 Å². The van der Waals surface area contributed by atoms with E-state index in [2.05, 4.69) is 86.0 Å². The van der Waals surface area contributed by atoms with Crippen molar-refractivity contribution >= 4 is 11.6 Å². The standard InChI is InChI=1S/C52H88N2O4/c1-5-9-13-17-19-23-39-53(37-21-15-11-7-3)41-25-27-51(55)45-57-43-47-29-33-49(34-30-47)50-35-31-48(32-36-50)44-58-46-52(56)28-26-42-54(38-22-16-12-8-4)40-24-20-18-14-10-6-2/h29-36H,5-28,37-46H2,1-4H3. The van der Waals surface area contributed by atoms with E-state index in [1.54, 1.807) is 0 Å². The van der Waals surface area contributed by atoms with Crippen molar-refractivity contribution in [2.45, 2.75) is 195 Å². The Hall–Kier alpha value is -2.38. The number of Topliss-reactive ketones (excluding diaryl/α,β-unsaturated/α-hetero) is 2. The van der Waals surface area contributed by atoms with Crippen molar-refractivity contribution < 1.29 is 19.1 Å². The molecule has 0 saturated carbocycles. The molecular formula is C52H88N2O4. The molecule has 0 aliphatic rings. The number of carbonyl (C=O) groups excluding carboxylic acids is 2. The number of ketones is 2. The molecule has 0 bridgehead atoms. The molecule has 0 aliphatic heterocycles. The lowest BCUT2D eigenvalue weighted by atomic mass is 10.0. The fourth-order valence-electron chi connectivity index (χ4n) is 7.72. The van der Waals surface area contributed by atoms with Crippen LogP contribution in [0.25, 0.3) is 11.1 Å². The molecule has 0 spiro atoms. The molecule has 2 rings (SSSR count). The third kappa shape index (κ3) is 27.4. The Kier molecular flexibility index (Phi) is 32.5. The number of unbranched alkanes of at least 4 members (excludes halogenated alkanes) is 16. The largest absolute Gasteiger partial charge is 0.369 e. The summed E-state index contributed by atoms with van der Waals surface area (Å²) in [5, 5.41) is 0. The SMILES string of the molecule is CCCCCCCCN(CCCCCC)CCCC(=O)COCc1ccc(-c2ccc(COCC(=O)CCCN(CCCCCC)CCCCCCCC)cc2)cc1. The molecule has 0 amide bonds. The van der Waals surface area contributed by atoms with Crippen molar-refractivity contribution in [3.05, 3.63) is 59.7 Å². The molecule has 58 heavy (non-hydrogen) atoms. The van der Waals surface area contributed by atoms with E-state index in [0.29, 0.717) is 26.1 Å². The van der Waals surface area contributed by atoms with Gasteiger partial charge in [-0.2, -0.15) is 0 Å². The average Bonchev–Trinajstić information content (AvgIpc) is 3.23. The zero-order valence-corrected chi connectivity index (χ0v) is 38.2. The van der Waals surface area contributed by atoms with Crippen molar-refractivity contribution in [2.75, 3.05) is 52.5 Å². The first-order chi connectivity index (χ1) is 28.5. The van der Waals surface area contributed by atoms with E-state index >= 15 is 0 Å². The van der Waals surface area contributed by atoms with Crippen LogP contribution in [0.1, 0.15) is 193 Å². The van der Waals surface area contributed by atoms with Crippen molar-refractivity contribution in [2.24, 2.45) is 0 Å². The summed E-state index contributed by atoms with van der Waals surface area (Å²) >= 11 is 0. The van der Waals surface area contributed by atoms with E-state index in [4.69, 9.17) is 9.47 Å². The van der Waals surface area contributed by atoms with Crippen LogP contribution in [0.5, 0.6) is 0 Å². The van der Waals surface area contributed by atoms with Gasteiger partial charge in [0.2, 0.25) is 0 Å². The van der Waals surface area contributed by atoms with E-state index in [1.165, 1.54) is 128 Å². The predicted molar refractivity (Wildman–Crippen MR) is 248 cm³/mol. The Morgan fingerprint density at radius 1 is 0.379 bits per heavy atom. The van der Waals surface area contributed by atoms with Crippen LogP contribution >= 0.6 is 0 Å². The second-order valence-corrected chi connectivity index (χ2v) is 17.0. The number of hydrogen-bond acceptors (Lipinski definition) is 6. The van der Waals surface area contributed by atoms with E-state index < -0.39 is 0 Å². The lowest BCUT2D eigenvalue weighted by Crippen LogP contribution is -2.28. The molecule has 0 radical (unpaired) electrons. The summed E-state index contributed by atoms with van der Waals surface area (Å²) in [6.07, 6.45) is 29.2. The molecule has 0 aliphatic carbocycles. The molecule has 0 saturated heterocycles. The number of benzene rings is 2. The minimum Gasteiger partial charge on any atom is -0.369 e. The zero-order valence-electron chi connectivity index (χ0n) is 38.2. The summed E-state index contributed by atoms with van der Waals surface area (Å²) in [6.45, 7) is 17.0. The first kappa shape index (κ1) is 51.8. The first-order valence-corrected chi connectivity index (χ1v) is 24.3. The highest BCUT2D eigenvalue weighted by Crippen LogP contribution is 2.21. The molecule has 330 valence electrons. The minimum absolute atomic E-state index is 0.182. The second-order valence-electron chi connectivity index (χ2n) is 17.0. The molecule has 0 atom stereocenters. The molecule has 0 aromatic heterocycles. The third-order valence-corrected chi connectivity index (χ3v) is 11.5. The van der Waals surface area contributed by atoms with Gasteiger partial charge in [0.25, 0.3) is 0 Å². The van der Waals surface area contributed by atoms with Gasteiger partial charge in [0, 0.05) is 12.8 Å². The molecule has 2 aromatic rings. The van der Waals surface area contributed by atoms with E-state index in [1.807, 2.05) is 0 Å². The first-order valence-electron chi connectivity index (χ1n) is 24.3. The summed E-state index contributed by atoms with van der Waals surface area (Å²) in [4.78, 5) is 30.5. The smallest absolute Gasteiger partial charge is 0.158 e. The molecule has 6 heteroatoms. The van der Waals surface area contributed by atoms with Gasteiger partial charge in [-0.3, -0.25) is 9.59 Å². The summed E-state index contributed by atoms with van der Waals surface area (Å²) < 4.78 is 11.7. The molecule has 0 fully saturated rings. The average molecular weight is 805 g/mol. The Bertz CT molecular complexity index is 1150. The van der Waals surface area contributed by atoms with E-state index in [9.17, 15) is 9.59 Å². The van der Waals surface area contributed by atoms with Crippen molar-refractivity contribution in [1.82, 2.24) is 9.80 Å². The Morgan fingerprint density at radius 3 is 0.983 bits per heavy atom. The van der Waals surface area contributed by atoms with Crippen LogP contribution < -0.4 is 0 Å². The molecule has 6 nitrogen and oxygen atoms in total. The highest BCUT2D eigenvalue weighted by atomic mass is 16.5. The minimum atomic E-state index is 0.182. The van der Waals surface area contributed by atoms with E-state index in [-0.39, 0.29) is 24.8 Å². The van der Waals surface area contributed by atoms with Gasteiger partial charge in [-0.05, 0) is 100 Å². The van der Waals surface area contributed by atoms with Gasteiger partial charge >= 0.3 is 0 Å². The van der Waals surface area contributed by atoms with Gasteiger partial charge in [-0.25, -0.2) is 0 Å². The number of rotatable bonds is 41. The van der Waals surface area contributed by atoms with Gasteiger partial charge in [-0.15, -0.1) is 0 Å². The van der Waals surface area contributed by atoms with E-state index in [0.717, 1.165) is 74.4 Å². The maximum Gasteiger partial charge on any atom is 0.158 e. The van der Waals surface area contributed by atoms with Crippen LogP contribution in [0, 0.1) is 0 Å². The fourth-order valence-corrected chi connectivity index (χ4v) is 7.72. The highest BCUT2D eigenvalue weighted by molar-refractivity contribution is 5.80. The van der Waals surface area contributed by atoms with Crippen LogP contribution in [-0.4, -0.2) is 73.8 Å². The molecule has 2 aromatic carbocycles. The number of ether oxygens (including phenoxy) is 2. The van der Waals surface area contributed by atoms with Gasteiger partial charge in [0.05, 0.1) is 13.2 Å². The van der Waals surface area contributed by atoms with Crippen molar-refractivity contribution in [3.8, 4) is 11.1 Å². The highest BCUT2D eigenvalue weighted by Gasteiger charge is 2.10. The van der Waals surface area contributed by atoms with Gasteiger partial charge < -0.3 is 19.3 Å². The molecule has 0 heterocycles. The quantitative estimate of drug-likeness (QED) is 0.0624. The summed E-state index contributed by atoms with van der Waals surface area (Å²) in [6, 6.07) is 16.8. The number of nitrogens with zero attached hydrogens (tertiary/aromatic N) is 2. The van der Waals surface area contributed by atoms with Crippen molar-refractivity contribution in [3.63, 3.8) is 0 Å². The molecule has 0 unspecified atom stereocenters. The topological polar surface area (TPSA) is 59.1 Å².